The first kappa shape index (κ1) is 22.5. The molecule has 0 spiro atoms. The summed E-state index contributed by atoms with van der Waals surface area (Å²) in [6, 6.07) is 0.409. The zero-order chi connectivity index (χ0) is 21.7. The van der Waals surface area contributed by atoms with Gasteiger partial charge >= 0.3 is 5.97 Å². The third-order valence-corrected chi connectivity index (χ3v) is 10.7. The quantitative estimate of drug-likeness (QED) is 0.355. The summed E-state index contributed by atoms with van der Waals surface area (Å²) in [7, 11) is 1.48. The van der Waals surface area contributed by atoms with Crippen LogP contribution in [-0.4, -0.2) is 30.3 Å². The number of hydrogen-bond donors (Lipinski definition) is 3. The summed E-state index contributed by atoms with van der Waals surface area (Å²) in [4.78, 5) is 11.7. The standard InChI is InChI=1S/C25H44N2O3/c1-15(5-8-22(29)30-4)18-6-7-19-23-20(10-12-25(18,19)3)24(2)11-9-17(27-26)13-16(24)14-21(23)28/h15-21,23,27-28H,5-14,26H2,1-4H3/t15?,16?,17-,18?,19?,20?,21?,23?,24?,25?/m0/s1. The number of methoxy groups -OCH3 is 1. The minimum Gasteiger partial charge on any atom is -0.469 e. The van der Waals surface area contributed by atoms with E-state index in [1.165, 1.54) is 39.2 Å². The first-order chi connectivity index (χ1) is 14.2. The van der Waals surface area contributed by atoms with Gasteiger partial charge in [-0.3, -0.25) is 16.1 Å². The van der Waals surface area contributed by atoms with Gasteiger partial charge in [0.1, 0.15) is 0 Å². The van der Waals surface area contributed by atoms with Gasteiger partial charge in [0.2, 0.25) is 0 Å². The number of fused-ring (bicyclic) bond motifs is 5. The van der Waals surface area contributed by atoms with E-state index in [0.29, 0.717) is 58.8 Å². The van der Waals surface area contributed by atoms with Gasteiger partial charge in [-0.1, -0.05) is 20.8 Å². The van der Waals surface area contributed by atoms with Crippen LogP contribution in [0.15, 0.2) is 0 Å². The second-order valence-electron chi connectivity index (χ2n) is 11.8. The van der Waals surface area contributed by atoms with E-state index in [1.54, 1.807) is 0 Å². The number of rotatable bonds is 5. The normalized spacial score (nSPS) is 48.9. The van der Waals surface area contributed by atoms with Crippen molar-refractivity contribution in [3.05, 3.63) is 0 Å². The van der Waals surface area contributed by atoms with Crippen LogP contribution in [0.2, 0.25) is 0 Å². The second-order valence-corrected chi connectivity index (χ2v) is 11.8. The molecule has 0 aromatic rings. The van der Waals surface area contributed by atoms with Crippen molar-refractivity contribution in [3.63, 3.8) is 0 Å². The SMILES string of the molecule is COC(=O)CCC(C)C1CCC2C3C(O)CC4C[C@@H](NN)CCC4(C)C3CCC12C. The Bertz CT molecular complexity index is 642. The highest BCUT2D eigenvalue weighted by atomic mass is 16.5. The third-order valence-electron chi connectivity index (χ3n) is 10.7. The third kappa shape index (κ3) is 3.53. The van der Waals surface area contributed by atoms with Gasteiger partial charge in [0.05, 0.1) is 13.2 Å². The minimum absolute atomic E-state index is 0.0884. The predicted octanol–water partition coefficient (Wildman–Crippen LogP) is 4.04. The molecule has 0 radical (unpaired) electrons. The lowest BCUT2D eigenvalue weighted by Crippen LogP contribution is -2.59. The maximum absolute atomic E-state index is 11.7. The lowest BCUT2D eigenvalue weighted by atomic mass is 9.43. The molecule has 10 atom stereocenters. The Balaban J connectivity index is 1.52. The molecule has 4 aliphatic carbocycles. The number of ether oxygens (including phenoxy) is 1. The molecular formula is C25H44N2O3. The summed E-state index contributed by atoms with van der Waals surface area (Å²) in [6.07, 6.45) is 10.8. The zero-order valence-electron chi connectivity index (χ0n) is 19.5. The molecule has 4 saturated carbocycles. The highest BCUT2D eigenvalue weighted by Crippen LogP contribution is 2.68. The summed E-state index contributed by atoms with van der Waals surface area (Å²) in [5.41, 5.74) is 3.67. The molecule has 9 unspecified atom stereocenters. The molecule has 4 aliphatic rings. The number of nitrogens with one attached hydrogen (secondary N) is 1. The molecular weight excluding hydrogens is 376 g/mol. The number of esters is 1. The largest absolute Gasteiger partial charge is 0.469 e. The smallest absolute Gasteiger partial charge is 0.305 e. The zero-order valence-corrected chi connectivity index (χ0v) is 19.5. The van der Waals surface area contributed by atoms with Crippen molar-refractivity contribution < 1.29 is 14.6 Å². The van der Waals surface area contributed by atoms with Gasteiger partial charge in [-0.25, -0.2) is 0 Å². The highest BCUT2D eigenvalue weighted by Gasteiger charge is 2.62. The summed E-state index contributed by atoms with van der Waals surface area (Å²) in [5.74, 6) is 9.18. The van der Waals surface area contributed by atoms with Crippen LogP contribution in [0.4, 0.5) is 0 Å². The molecule has 0 aromatic carbocycles. The molecule has 5 heteroatoms. The number of carbonyl (C=O) groups is 1. The lowest BCUT2D eigenvalue weighted by Gasteiger charge is -2.62. The molecule has 4 fully saturated rings. The van der Waals surface area contributed by atoms with E-state index in [2.05, 4.69) is 26.2 Å². The van der Waals surface area contributed by atoms with Gasteiger partial charge in [0.25, 0.3) is 0 Å². The van der Waals surface area contributed by atoms with Crippen molar-refractivity contribution in [1.82, 2.24) is 5.43 Å². The number of aliphatic hydroxyl groups is 1. The van der Waals surface area contributed by atoms with E-state index in [4.69, 9.17) is 10.6 Å². The van der Waals surface area contributed by atoms with Gasteiger partial charge in [0.15, 0.2) is 0 Å². The van der Waals surface area contributed by atoms with Gasteiger partial charge in [-0.15, -0.1) is 0 Å². The van der Waals surface area contributed by atoms with Gasteiger partial charge < -0.3 is 9.84 Å². The Kier molecular flexibility index (Phi) is 6.29. The first-order valence-electron chi connectivity index (χ1n) is 12.5. The summed E-state index contributed by atoms with van der Waals surface area (Å²) < 4.78 is 4.87. The number of hydrogen-bond acceptors (Lipinski definition) is 5. The first-order valence-corrected chi connectivity index (χ1v) is 12.5. The molecule has 30 heavy (non-hydrogen) atoms. The highest BCUT2D eigenvalue weighted by molar-refractivity contribution is 5.69. The average Bonchev–Trinajstić information content (AvgIpc) is 3.09. The van der Waals surface area contributed by atoms with Crippen molar-refractivity contribution in [1.29, 1.82) is 0 Å². The van der Waals surface area contributed by atoms with E-state index in [9.17, 15) is 9.90 Å². The summed E-state index contributed by atoms with van der Waals surface area (Å²) in [6.45, 7) is 7.38. The molecule has 172 valence electrons. The summed E-state index contributed by atoms with van der Waals surface area (Å²) >= 11 is 0. The van der Waals surface area contributed by atoms with E-state index in [0.717, 1.165) is 25.7 Å². The summed E-state index contributed by atoms with van der Waals surface area (Å²) in [5, 5.41) is 11.4. The fourth-order valence-electron chi connectivity index (χ4n) is 9.00. The fourth-order valence-corrected chi connectivity index (χ4v) is 9.00. The topological polar surface area (TPSA) is 84.6 Å². The van der Waals surface area contributed by atoms with Crippen molar-refractivity contribution in [2.75, 3.05) is 7.11 Å². The van der Waals surface area contributed by atoms with Crippen LogP contribution in [0.5, 0.6) is 0 Å². The molecule has 5 nitrogen and oxygen atoms in total. The van der Waals surface area contributed by atoms with Crippen LogP contribution in [0, 0.1) is 46.3 Å². The Morgan fingerprint density at radius 3 is 2.53 bits per heavy atom. The molecule has 4 N–H and O–H groups in total. The monoisotopic (exact) mass is 420 g/mol. The second kappa shape index (κ2) is 8.37. The maximum Gasteiger partial charge on any atom is 0.305 e. The minimum atomic E-state index is -0.168. The average molecular weight is 421 g/mol. The fraction of sp³-hybridized carbons (Fsp3) is 0.960. The van der Waals surface area contributed by atoms with Crippen LogP contribution < -0.4 is 11.3 Å². The number of nitrogens with two attached hydrogens (primary N) is 1. The van der Waals surface area contributed by atoms with Crippen molar-refractivity contribution in [3.8, 4) is 0 Å². The Morgan fingerprint density at radius 2 is 1.83 bits per heavy atom. The van der Waals surface area contributed by atoms with Crippen LogP contribution in [0.3, 0.4) is 0 Å². The van der Waals surface area contributed by atoms with Crippen molar-refractivity contribution in [2.45, 2.75) is 97.1 Å². The Hall–Kier alpha value is -0.650. The molecule has 0 heterocycles. The predicted molar refractivity (Wildman–Crippen MR) is 118 cm³/mol. The van der Waals surface area contributed by atoms with Crippen LogP contribution in [-0.2, 0) is 9.53 Å². The maximum atomic E-state index is 11.7. The van der Waals surface area contributed by atoms with Crippen molar-refractivity contribution in [2.24, 2.45) is 52.2 Å². The van der Waals surface area contributed by atoms with E-state index in [-0.39, 0.29) is 12.1 Å². The van der Waals surface area contributed by atoms with Crippen LogP contribution in [0.1, 0.15) is 85.0 Å². The molecule has 0 aromatic heterocycles. The Labute approximate surface area is 182 Å². The molecule has 0 bridgehead atoms. The van der Waals surface area contributed by atoms with E-state index >= 15 is 0 Å². The molecule has 4 rings (SSSR count). The molecule has 0 amide bonds. The van der Waals surface area contributed by atoms with Crippen LogP contribution >= 0.6 is 0 Å². The van der Waals surface area contributed by atoms with Gasteiger partial charge in [0, 0.05) is 12.5 Å². The number of hydrazine groups is 1. The molecule has 0 saturated heterocycles. The van der Waals surface area contributed by atoms with Crippen LogP contribution in [0.25, 0.3) is 0 Å². The van der Waals surface area contributed by atoms with Gasteiger partial charge in [-0.05, 0) is 104 Å². The Morgan fingerprint density at radius 1 is 1.13 bits per heavy atom. The van der Waals surface area contributed by atoms with Gasteiger partial charge in [-0.2, -0.15) is 0 Å². The number of carbonyl (C=O) groups excluding carboxylic acids is 1. The lowest BCUT2D eigenvalue weighted by molar-refractivity contribution is -0.167. The van der Waals surface area contributed by atoms with Crippen molar-refractivity contribution >= 4 is 5.97 Å². The molecule has 0 aliphatic heterocycles. The number of aliphatic hydroxyl groups excluding tert-OH is 1. The van der Waals surface area contributed by atoms with E-state index < -0.39 is 0 Å². The van der Waals surface area contributed by atoms with E-state index in [1.807, 2.05) is 0 Å².